The number of rotatable bonds is 11. The fraction of sp³-hybridized carbons (Fsp3) is 0.212. The average molecular weight is 586 g/mol. The Morgan fingerprint density at radius 2 is 1.33 bits per heavy atom. The normalized spacial score (nSPS) is 13.9. The van der Waals surface area contributed by atoms with E-state index in [0.29, 0.717) is 5.56 Å². The van der Waals surface area contributed by atoms with Gasteiger partial charge in [0.2, 0.25) is 0 Å². The molecule has 0 radical (unpaired) electrons. The average Bonchev–Trinajstić information content (AvgIpc) is 3.31. The molecular formula is C33H31NO7S. The summed E-state index contributed by atoms with van der Waals surface area (Å²) in [5, 5.41) is 0. The van der Waals surface area contributed by atoms with Crippen molar-refractivity contribution in [1.82, 2.24) is 0 Å². The van der Waals surface area contributed by atoms with Crippen molar-refractivity contribution >= 4 is 22.1 Å². The molecule has 2 unspecified atom stereocenters. The second-order valence-corrected chi connectivity index (χ2v) is 11.7. The Morgan fingerprint density at radius 1 is 0.762 bits per heavy atom. The Balaban J connectivity index is 1.40. The van der Waals surface area contributed by atoms with Gasteiger partial charge in [-0.15, -0.1) is 0 Å². The summed E-state index contributed by atoms with van der Waals surface area (Å²) in [6, 6.07) is 31.1. The fourth-order valence-corrected chi connectivity index (χ4v) is 5.80. The van der Waals surface area contributed by atoms with Crippen LogP contribution < -0.4 is 9.92 Å². The first-order valence-electron chi connectivity index (χ1n) is 13.5. The summed E-state index contributed by atoms with van der Waals surface area (Å²) in [7, 11) is -3.75. The SMILES string of the molecule is CS(=O)(=O)Oc1ccc(C(C(=O)OCC2c3ccccc3-c3ccccc32)C(CN)C(=O)OCc2ccccc2)cc1. The lowest BCUT2D eigenvalue weighted by Crippen LogP contribution is -2.36. The first-order valence-corrected chi connectivity index (χ1v) is 15.3. The van der Waals surface area contributed by atoms with Gasteiger partial charge in [0.05, 0.1) is 18.1 Å². The molecule has 0 aliphatic heterocycles. The molecule has 0 spiro atoms. The van der Waals surface area contributed by atoms with Crippen LogP contribution in [0.3, 0.4) is 0 Å². The third-order valence-electron chi connectivity index (χ3n) is 7.28. The summed E-state index contributed by atoms with van der Waals surface area (Å²) >= 11 is 0. The van der Waals surface area contributed by atoms with Crippen molar-refractivity contribution in [3.8, 4) is 16.9 Å². The van der Waals surface area contributed by atoms with E-state index in [2.05, 4.69) is 0 Å². The zero-order valence-electron chi connectivity index (χ0n) is 23.0. The van der Waals surface area contributed by atoms with E-state index in [1.54, 1.807) is 0 Å². The van der Waals surface area contributed by atoms with E-state index in [0.717, 1.165) is 34.1 Å². The van der Waals surface area contributed by atoms with Crippen LogP contribution in [-0.4, -0.2) is 39.8 Å². The highest BCUT2D eigenvalue weighted by molar-refractivity contribution is 7.86. The van der Waals surface area contributed by atoms with Crippen LogP contribution in [0.5, 0.6) is 5.75 Å². The minimum absolute atomic E-state index is 0.0225. The molecule has 0 heterocycles. The molecule has 0 saturated heterocycles. The smallest absolute Gasteiger partial charge is 0.314 e. The van der Waals surface area contributed by atoms with E-state index in [9.17, 15) is 18.0 Å². The molecule has 216 valence electrons. The molecule has 5 rings (SSSR count). The lowest BCUT2D eigenvalue weighted by atomic mass is 9.85. The van der Waals surface area contributed by atoms with Crippen LogP contribution in [0.4, 0.5) is 0 Å². The maximum atomic E-state index is 13.8. The van der Waals surface area contributed by atoms with Gasteiger partial charge in [-0.3, -0.25) is 9.59 Å². The van der Waals surface area contributed by atoms with Gasteiger partial charge in [-0.2, -0.15) is 8.42 Å². The number of ether oxygens (including phenoxy) is 2. The minimum Gasteiger partial charge on any atom is -0.464 e. The molecule has 0 saturated carbocycles. The van der Waals surface area contributed by atoms with Gasteiger partial charge < -0.3 is 19.4 Å². The number of hydrogen-bond donors (Lipinski definition) is 1. The molecule has 0 bridgehead atoms. The monoisotopic (exact) mass is 585 g/mol. The van der Waals surface area contributed by atoms with Gasteiger partial charge in [-0.05, 0) is 45.5 Å². The molecule has 0 fully saturated rings. The summed E-state index contributed by atoms with van der Waals surface area (Å²) in [6.45, 7) is -0.0895. The molecule has 2 N–H and O–H groups in total. The Kier molecular flexibility index (Phi) is 8.70. The van der Waals surface area contributed by atoms with Crippen molar-refractivity contribution in [1.29, 1.82) is 0 Å². The number of hydrogen-bond acceptors (Lipinski definition) is 8. The van der Waals surface area contributed by atoms with Gasteiger partial charge in [-0.1, -0.05) is 91.0 Å². The highest BCUT2D eigenvalue weighted by Gasteiger charge is 2.38. The van der Waals surface area contributed by atoms with E-state index >= 15 is 0 Å². The van der Waals surface area contributed by atoms with Gasteiger partial charge in [-0.25, -0.2) is 0 Å². The topological polar surface area (TPSA) is 122 Å². The number of benzene rings is 4. The van der Waals surface area contributed by atoms with E-state index < -0.39 is 33.9 Å². The van der Waals surface area contributed by atoms with Crippen LogP contribution in [0.25, 0.3) is 11.1 Å². The maximum Gasteiger partial charge on any atom is 0.314 e. The number of nitrogens with two attached hydrogens (primary N) is 1. The standard InChI is InChI=1S/C33H31NO7S/c1-42(37,38)41-24-17-15-23(16-18-24)31(29(19-34)32(35)39-20-22-9-3-2-4-10-22)33(36)40-21-30-27-13-7-5-11-25(27)26-12-6-8-14-28(26)30/h2-18,29-31H,19-21,34H2,1H3. The number of carbonyl (C=O) groups excluding carboxylic acids is 2. The van der Waals surface area contributed by atoms with Crippen molar-refractivity contribution in [2.45, 2.75) is 18.4 Å². The van der Waals surface area contributed by atoms with Crippen molar-refractivity contribution in [2.24, 2.45) is 11.7 Å². The van der Waals surface area contributed by atoms with Crippen LogP contribution in [0.2, 0.25) is 0 Å². The lowest BCUT2D eigenvalue weighted by Gasteiger charge is -2.25. The highest BCUT2D eigenvalue weighted by Crippen LogP contribution is 2.44. The molecule has 1 aliphatic carbocycles. The molecule has 8 nitrogen and oxygen atoms in total. The second-order valence-electron chi connectivity index (χ2n) is 10.1. The third-order valence-corrected chi connectivity index (χ3v) is 7.77. The van der Waals surface area contributed by atoms with Gasteiger partial charge in [0.25, 0.3) is 0 Å². The quantitative estimate of drug-likeness (QED) is 0.197. The predicted octanol–water partition coefficient (Wildman–Crippen LogP) is 4.78. The first-order chi connectivity index (χ1) is 20.2. The van der Waals surface area contributed by atoms with Crippen LogP contribution in [0.15, 0.2) is 103 Å². The maximum absolute atomic E-state index is 13.8. The third kappa shape index (κ3) is 6.53. The Hall–Kier alpha value is -4.47. The van der Waals surface area contributed by atoms with E-state index in [-0.39, 0.29) is 31.4 Å². The van der Waals surface area contributed by atoms with Crippen molar-refractivity contribution in [2.75, 3.05) is 19.4 Å². The zero-order valence-corrected chi connectivity index (χ0v) is 23.8. The summed E-state index contributed by atoms with van der Waals surface area (Å²) in [4.78, 5) is 27.1. The lowest BCUT2D eigenvalue weighted by molar-refractivity contribution is -0.158. The largest absolute Gasteiger partial charge is 0.464 e. The van der Waals surface area contributed by atoms with E-state index in [1.165, 1.54) is 24.3 Å². The second kappa shape index (κ2) is 12.6. The summed E-state index contributed by atoms with van der Waals surface area (Å²) < 4.78 is 39.6. The van der Waals surface area contributed by atoms with Crippen LogP contribution in [0, 0.1) is 5.92 Å². The minimum atomic E-state index is -3.75. The van der Waals surface area contributed by atoms with Gasteiger partial charge >= 0.3 is 22.1 Å². The zero-order chi connectivity index (χ0) is 29.7. The van der Waals surface area contributed by atoms with Crippen LogP contribution >= 0.6 is 0 Å². The number of fused-ring (bicyclic) bond motifs is 3. The van der Waals surface area contributed by atoms with Crippen molar-refractivity contribution in [3.63, 3.8) is 0 Å². The van der Waals surface area contributed by atoms with Gasteiger partial charge in [0.15, 0.2) is 0 Å². The van der Waals surface area contributed by atoms with Crippen molar-refractivity contribution < 1.29 is 31.7 Å². The molecule has 2 atom stereocenters. The fourth-order valence-electron chi connectivity index (χ4n) is 5.34. The molecule has 0 amide bonds. The van der Waals surface area contributed by atoms with E-state index in [1.807, 2.05) is 78.9 Å². The van der Waals surface area contributed by atoms with E-state index in [4.69, 9.17) is 19.4 Å². The summed E-state index contributed by atoms with van der Waals surface area (Å²) in [6.07, 6.45) is 0.938. The number of carbonyl (C=O) groups is 2. The van der Waals surface area contributed by atoms with Gasteiger partial charge in [0.1, 0.15) is 19.0 Å². The molecule has 42 heavy (non-hydrogen) atoms. The molecule has 1 aliphatic rings. The van der Waals surface area contributed by atoms with Gasteiger partial charge in [0, 0.05) is 12.5 Å². The summed E-state index contributed by atoms with van der Waals surface area (Å²) in [5.41, 5.74) is 11.6. The highest BCUT2D eigenvalue weighted by atomic mass is 32.2. The van der Waals surface area contributed by atoms with Crippen LogP contribution in [-0.2, 0) is 35.8 Å². The van der Waals surface area contributed by atoms with Crippen molar-refractivity contribution in [3.05, 3.63) is 125 Å². The molecular weight excluding hydrogens is 554 g/mol. The Bertz CT molecular complexity index is 1620. The number of esters is 2. The molecule has 4 aromatic rings. The first kappa shape index (κ1) is 29.0. The Morgan fingerprint density at radius 3 is 1.90 bits per heavy atom. The molecule has 0 aromatic heterocycles. The molecule has 9 heteroatoms. The predicted molar refractivity (Wildman–Crippen MR) is 158 cm³/mol. The summed E-state index contributed by atoms with van der Waals surface area (Å²) in [5.74, 6) is -3.53. The Labute approximate surface area is 245 Å². The molecule has 4 aromatic carbocycles. The van der Waals surface area contributed by atoms with Crippen LogP contribution in [0.1, 0.15) is 34.1 Å².